The zero-order valence-electron chi connectivity index (χ0n) is 61.2. The molecule has 4 fully saturated rings. The number of amides is 4. The molecule has 8 aromatic rings. The van der Waals surface area contributed by atoms with Crippen LogP contribution in [-0.4, -0.2) is 126 Å². The molecular formula is C76H74Br3Cl4F7N8O16S4. The summed E-state index contributed by atoms with van der Waals surface area (Å²) in [6.45, 7) is 0. The van der Waals surface area contributed by atoms with E-state index in [1.165, 1.54) is 84.9 Å². The van der Waals surface area contributed by atoms with Gasteiger partial charge in [-0.2, -0.15) is 0 Å². The highest BCUT2D eigenvalue weighted by molar-refractivity contribution is 9.11. The van der Waals surface area contributed by atoms with E-state index in [-0.39, 0.29) is 95.9 Å². The zero-order chi connectivity index (χ0) is 86.5. The number of halogens is 14. The number of aliphatic hydroxyl groups excluding tert-OH is 4. The van der Waals surface area contributed by atoms with Gasteiger partial charge in [0, 0.05) is 53.0 Å². The number of carbonyl (C=O) groups is 4. The molecule has 24 nitrogen and oxygen atoms in total. The predicted molar refractivity (Wildman–Crippen MR) is 441 cm³/mol. The van der Waals surface area contributed by atoms with E-state index < -0.39 is 162 Å². The number of anilines is 4. The number of benzene rings is 8. The van der Waals surface area contributed by atoms with Crippen molar-refractivity contribution in [1.82, 2.24) is 18.9 Å². The van der Waals surface area contributed by atoms with Gasteiger partial charge in [0.25, 0.3) is 23.6 Å². The van der Waals surface area contributed by atoms with Crippen LogP contribution >= 0.6 is 94.2 Å². The summed E-state index contributed by atoms with van der Waals surface area (Å²) in [6, 6.07) is 23.1. The molecule has 6 atom stereocenters. The molecule has 12 N–H and O–H groups in total. The molecule has 8 aromatic carbocycles. The van der Waals surface area contributed by atoms with Crippen molar-refractivity contribution in [3.63, 3.8) is 0 Å². The van der Waals surface area contributed by atoms with Crippen molar-refractivity contribution < 1.29 is 104 Å². The van der Waals surface area contributed by atoms with Crippen molar-refractivity contribution in [1.29, 1.82) is 0 Å². The summed E-state index contributed by atoms with van der Waals surface area (Å²) in [4.78, 5) is 48.3. The lowest BCUT2D eigenvalue weighted by Crippen LogP contribution is -2.44. The normalized spacial score (nSPS) is 19.6. The molecule has 0 aromatic heterocycles. The van der Waals surface area contributed by atoms with Gasteiger partial charge in [-0.1, -0.05) is 59.2 Å². The van der Waals surface area contributed by atoms with E-state index in [9.17, 15) is 104 Å². The molecular weight excluding hydrogens is 1920 g/mol. The quantitative estimate of drug-likeness (QED) is 0.0315. The Morgan fingerprint density at radius 1 is 0.322 bits per heavy atom. The van der Waals surface area contributed by atoms with Crippen molar-refractivity contribution in [3.05, 3.63) is 230 Å². The lowest BCUT2D eigenvalue weighted by Gasteiger charge is -2.28. The highest BCUT2D eigenvalue weighted by Crippen LogP contribution is 2.34. The van der Waals surface area contributed by atoms with Gasteiger partial charge >= 0.3 is 0 Å². The van der Waals surface area contributed by atoms with Gasteiger partial charge in [-0.25, -0.2) is 83.3 Å². The van der Waals surface area contributed by atoms with Crippen LogP contribution in [0.4, 0.5) is 53.5 Å². The van der Waals surface area contributed by atoms with Crippen LogP contribution in [0.2, 0.25) is 20.1 Å². The number of carbonyl (C=O) groups excluding carboxylic acids is 4. The first kappa shape index (κ1) is 95.1. The molecule has 4 saturated carbocycles. The topological polar surface area (TPSA) is 382 Å². The fourth-order valence-corrected chi connectivity index (χ4v) is 20.1. The van der Waals surface area contributed by atoms with Crippen LogP contribution in [0.25, 0.3) is 0 Å². The van der Waals surface area contributed by atoms with Crippen LogP contribution in [0.5, 0.6) is 0 Å². The van der Waals surface area contributed by atoms with Gasteiger partial charge in [0.2, 0.25) is 40.1 Å². The third-order valence-corrected chi connectivity index (χ3v) is 28.0. The molecule has 0 spiro atoms. The van der Waals surface area contributed by atoms with Crippen LogP contribution in [0.3, 0.4) is 0 Å². The van der Waals surface area contributed by atoms with E-state index in [1.54, 1.807) is 0 Å². The van der Waals surface area contributed by atoms with Gasteiger partial charge in [-0.15, -0.1) is 0 Å². The van der Waals surface area contributed by atoms with Crippen molar-refractivity contribution in [3.8, 4) is 0 Å². The van der Waals surface area contributed by atoms with Crippen LogP contribution in [-0.2, 0) is 40.1 Å². The SMILES string of the molecule is O=C(Nc1ccc(F)c(Br)c1)c1cc(S(=O)(=O)NC2CCC(O)CC2)ccc1Cl.O=C(Nc1ccc(F)c(Br)c1)c1cc(S(=O)(=O)NC2CCCC(O)C2)c(F)cc1Cl.O=C(Nc1ccc(F)c(Br)c1)c1cc(S(=O)(=O)NC2CCCC(O)C2)c(F)cc1F.O=C(Nc1ccc(F)c(Cl)c1)c1cc(S(=O)(=O)NC2CCCCC2O)ccc1Cl. The van der Waals surface area contributed by atoms with E-state index in [0.717, 1.165) is 49.2 Å². The Balaban J connectivity index is 0.000000179. The second kappa shape index (κ2) is 41.9. The van der Waals surface area contributed by atoms with Crippen molar-refractivity contribution in [2.75, 3.05) is 21.3 Å². The fourth-order valence-electron chi connectivity index (χ4n) is 12.7. The molecule has 0 bridgehead atoms. The predicted octanol–water partition coefficient (Wildman–Crippen LogP) is 16.0. The van der Waals surface area contributed by atoms with E-state index in [1.807, 2.05) is 0 Å². The highest BCUT2D eigenvalue weighted by Gasteiger charge is 2.34. The first-order valence-electron chi connectivity index (χ1n) is 35.9. The van der Waals surface area contributed by atoms with Crippen molar-refractivity contribution >= 4 is 181 Å². The number of hydrogen-bond acceptors (Lipinski definition) is 16. The minimum Gasteiger partial charge on any atom is -0.393 e. The summed E-state index contributed by atoms with van der Waals surface area (Å²) in [5.74, 6) is -9.03. The monoisotopic (exact) mass is 1990 g/mol. The minimum absolute atomic E-state index is 0.0194. The Hall–Kier alpha value is -6.77. The Kier molecular flexibility index (Phi) is 33.7. The summed E-state index contributed by atoms with van der Waals surface area (Å²) in [7, 11) is -16.5. The van der Waals surface area contributed by atoms with Gasteiger partial charge in [0.1, 0.15) is 50.5 Å². The van der Waals surface area contributed by atoms with Gasteiger partial charge < -0.3 is 41.7 Å². The Morgan fingerprint density at radius 2 is 0.695 bits per heavy atom. The molecule has 12 rings (SSSR count). The molecule has 636 valence electrons. The van der Waals surface area contributed by atoms with Crippen LogP contribution in [0.15, 0.2) is 166 Å². The highest BCUT2D eigenvalue weighted by atomic mass is 79.9. The molecule has 4 aliphatic rings. The number of rotatable bonds is 20. The summed E-state index contributed by atoms with van der Waals surface area (Å²) in [5.41, 5.74) is -0.138. The molecule has 4 aliphatic carbocycles. The van der Waals surface area contributed by atoms with E-state index >= 15 is 0 Å². The molecule has 4 amide bonds. The average molecular weight is 2000 g/mol. The Bertz CT molecular complexity index is 5400. The second-order valence-electron chi connectivity index (χ2n) is 27.6. The maximum absolute atomic E-state index is 14.4. The molecule has 0 radical (unpaired) electrons. The zero-order valence-corrected chi connectivity index (χ0v) is 72.3. The standard InChI is InChI=1S/C19H18BrClF2N2O4S.C19H19BrClFN2O4S.C19H18BrF3N2O4S.C19H19Cl2FN2O4S/c20-14-7-10(4-5-16(14)22)24-19(27)13-8-18(17(23)9-15(13)21)30(28,29)25-11-2-1-3-12(26)6-11;20-16-9-12(3-8-18(16)22)23-19(26)15-10-14(6-7-17(15)21)29(27,28)24-11-1-4-13(25)5-2-11;20-14-7-10(4-5-15(14)21)24-19(27)13-8-18(17(23)9-16(13)22)30(28,29)25-11-2-1-3-12(26)6-11;20-14-7-6-12(29(27,28)24-17-3-1-2-4-18(17)25)10-13(14)19(26)23-11-5-8-16(22)15(21)9-11/h4-5,7-9,11-12,25-26H,1-3,6H2,(H,24,27);3,6-11,13,24-25H,1-2,4-5H2,(H,23,26);4-5,7-9,11-12,25-26H,1-3,6H2,(H,24,27);5-10,17-18,24-25H,1-4H2,(H,23,26). The summed E-state index contributed by atoms with van der Waals surface area (Å²) in [5, 5.41) is 48.5. The van der Waals surface area contributed by atoms with Crippen molar-refractivity contribution in [2.24, 2.45) is 0 Å². The number of hydrogen-bond donors (Lipinski definition) is 12. The first-order valence-corrected chi connectivity index (χ1v) is 45.7. The van der Waals surface area contributed by atoms with Crippen LogP contribution in [0.1, 0.15) is 144 Å². The van der Waals surface area contributed by atoms with Gasteiger partial charge in [-0.05, 0) is 265 Å². The first-order chi connectivity index (χ1) is 55.4. The van der Waals surface area contributed by atoms with Gasteiger partial charge in [-0.3, -0.25) is 19.2 Å². The largest absolute Gasteiger partial charge is 0.393 e. The fraction of sp³-hybridized carbons (Fsp3) is 0.316. The molecule has 42 heteroatoms. The third-order valence-electron chi connectivity index (χ3n) is 18.8. The molecule has 0 aliphatic heterocycles. The van der Waals surface area contributed by atoms with Crippen LogP contribution in [0, 0.1) is 40.7 Å². The van der Waals surface area contributed by atoms with Gasteiger partial charge in [0.05, 0.1) is 90.0 Å². The summed E-state index contributed by atoms with van der Waals surface area (Å²) < 4.78 is 208. The third kappa shape index (κ3) is 26.4. The lowest BCUT2D eigenvalue weighted by molar-refractivity contribution is 0.101. The second-order valence-corrected chi connectivity index (χ2v) is 38.6. The maximum Gasteiger partial charge on any atom is 0.258 e. The van der Waals surface area contributed by atoms with E-state index in [4.69, 9.17) is 46.4 Å². The summed E-state index contributed by atoms with van der Waals surface area (Å²) >= 11 is 32.8. The molecule has 118 heavy (non-hydrogen) atoms. The smallest absolute Gasteiger partial charge is 0.258 e. The number of nitrogens with one attached hydrogen (secondary N) is 8. The average Bonchev–Trinajstić information content (AvgIpc) is 0.796. The van der Waals surface area contributed by atoms with Crippen LogP contribution < -0.4 is 40.2 Å². The maximum atomic E-state index is 14.4. The minimum atomic E-state index is -4.41. The molecule has 0 saturated heterocycles. The summed E-state index contributed by atoms with van der Waals surface area (Å²) in [6.07, 6.45) is 6.18. The number of aliphatic hydroxyl groups is 4. The number of sulfonamides is 4. The van der Waals surface area contributed by atoms with E-state index in [2.05, 4.69) is 87.9 Å². The molecule has 6 unspecified atom stereocenters. The van der Waals surface area contributed by atoms with E-state index in [0.29, 0.717) is 94.9 Å². The Morgan fingerprint density at radius 3 is 1.11 bits per heavy atom. The lowest BCUT2D eigenvalue weighted by atomic mass is 9.93. The Labute approximate surface area is 719 Å². The molecule has 0 heterocycles. The van der Waals surface area contributed by atoms with Crippen molar-refractivity contribution in [2.45, 2.75) is 171 Å². The van der Waals surface area contributed by atoms with Gasteiger partial charge in [0.15, 0.2) is 0 Å².